The van der Waals surface area contributed by atoms with Gasteiger partial charge in [-0.05, 0) is 55.5 Å². The van der Waals surface area contributed by atoms with Crippen LogP contribution in [-0.4, -0.2) is 34.1 Å². The number of anilines is 1. The fourth-order valence-electron chi connectivity index (χ4n) is 4.42. The lowest BCUT2D eigenvalue weighted by molar-refractivity contribution is 0.112. The maximum absolute atomic E-state index is 13.3. The molecule has 0 bridgehead atoms. The van der Waals surface area contributed by atoms with Crippen molar-refractivity contribution in [3.8, 4) is 0 Å². The van der Waals surface area contributed by atoms with Crippen LogP contribution >= 0.6 is 0 Å². The van der Waals surface area contributed by atoms with Gasteiger partial charge in [-0.3, -0.25) is 9.89 Å². The summed E-state index contributed by atoms with van der Waals surface area (Å²) in [5.74, 6) is -0.202. The quantitative estimate of drug-likeness (QED) is 0.512. The Morgan fingerprint density at radius 2 is 2.04 bits per heavy atom. The van der Waals surface area contributed by atoms with Gasteiger partial charge in [-0.1, -0.05) is 12.1 Å². The molecule has 1 saturated heterocycles. The summed E-state index contributed by atoms with van der Waals surface area (Å²) in [5.41, 5.74) is 4.57. The van der Waals surface area contributed by atoms with Crippen LogP contribution in [0.5, 0.6) is 0 Å². The lowest BCUT2D eigenvalue weighted by Gasteiger charge is -2.38. The molecule has 0 saturated carbocycles. The Morgan fingerprint density at radius 1 is 1.18 bits per heavy atom. The van der Waals surface area contributed by atoms with Crippen molar-refractivity contribution < 1.29 is 9.18 Å². The largest absolute Gasteiger partial charge is 0.366 e. The van der Waals surface area contributed by atoms with Crippen LogP contribution in [0.15, 0.2) is 42.6 Å². The van der Waals surface area contributed by atoms with E-state index in [0.29, 0.717) is 11.7 Å². The van der Waals surface area contributed by atoms with Gasteiger partial charge in [0, 0.05) is 29.6 Å². The number of piperidine rings is 1. The topological polar surface area (TPSA) is 64.8 Å². The van der Waals surface area contributed by atoms with E-state index >= 15 is 0 Å². The minimum atomic E-state index is -0.202. The summed E-state index contributed by atoms with van der Waals surface area (Å²) in [6.45, 7) is 0.965. The van der Waals surface area contributed by atoms with E-state index in [0.717, 1.165) is 65.2 Å². The van der Waals surface area contributed by atoms with Gasteiger partial charge in [0.25, 0.3) is 0 Å². The molecule has 1 unspecified atom stereocenters. The minimum Gasteiger partial charge on any atom is -0.366 e. The second-order valence-corrected chi connectivity index (χ2v) is 7.50. The third-order valence-electron chi connectivity index (χ3n) is 5.76. The Hall–Kier alpha value is -3.15. The molecule has 28 heavy (non-hydrogen) atoms. The number of carbonyl (C=O) groups is 1. The van der Waals surface area contributed by atoms with Gasteiger partial charge in [-0.15, -0.1) is 0 Å². The van der Waals surface area contributed by atoms with Gasteiger partial charge in [0.05, 0.1) is 16.7 Å². The van der Waals surface area contributed by atoms with E-state index in [1.807, 2.05) is 24.4 Å². The number of carbonyl (C=O) groups excluding carboxylic acids is 1. The summed E-state index contributed by atoms with van der Waals surface area (Å²) in [5, 5.41) is 8.38. The van der Waals surface area contributed by atoms with Crippen molar-refractivity contribution in [3.63, 3.8) is 0 Å². The first-order valence-corrected chi connectivity index (χ1v) is 9.68. The molecule has 1 aliphatic rings. The van der Waals surface area contributed by atoms with Gasteiger partial charge in [0.15, 0.2) is 6.29 Å². The molecule has 5 rings (SSSR count). The molecule has 0 radical (unpaired) electrons. The standard InChI is InChI=1S/C22H21FN4O/c23-15-6-4-14(5-7-15)9-17-3-1-2-8-27(17)21-11-20-18(10-16(13-28)25-20)19-12-24-26-22(19)21/h4-7,10-13,17,24,26H,1-3,8-9H2. The molecule has 4 aromatic rings. The third kappa shape index (κ3) is 2.85. The zero-order valence-corrected chi connectivity index (χ0v) is 15.4. The van der Waals surface area contributed by atoms with Crippen LogP contribution in [-0.2, 0) is 6.42 Å². The Labute approximate surface area is 161 Å². The van der Waals surface area contributed by atoms with Crippen LogP contribution in [0.1, 0.15) is 35.3 Å². The second-order valence-electron chi connectivity index (χ2n) is 7.50. The average Bonchev–Trinajstić information content (AvgIpc) is 3.36. The van der Waals surface area contributed by atoms with Crippen LogP contribution in [0.25, 0.3) is 21.8 Å². The summed E-state index contributed by atoms with van der Waals surface area (Å²) in [6.07, 6.45) is 7.01. The smallest absolute Gasteiger partial charge is 0.168 e. The zero-order valence-electron chi connectivity index (χ0n) is 15.4. The Morgan fingerprint density at radius 3 is 2.86 bits per heavy atom. The van der Waals surface area contributed by atoms with Crippen LogP contribution in [0, 0.1) is 5.82 Å². The van der Waals surface area contributed by atoms with Crippen LogP contribution in [0.2, 0.25) is 0 Å². The predicted octanol–water partition coefficient (Wildman–Crippen LogP) is 4.60. The number of rotatable bonds is 4. The number of aldehydes is 1. The van der Waals surface area contributed by atoms with Crippen molar-refractivity contribution in [2.24, 2.45) is 0 Å². The van der Waals surface area contributed by atoms with Crippen molar-refractivity contribution in [2.75, 3.05) is 11.4 Å². The highest BCUT2D eigenvalue weighted by Crippen LogP contribution is 2.36. The molecule has 0 aliphatic carbocycles. The van der Waals surface area contributed by atoms with Gasteiger partial charge < -0.3 is 10.00 Å². The summed E-state index contributed by atoms with van der Waals surface area (Å²) in [6, 6.07) is 11.1. The normalized spacial score (nSPS) is 17.5. The van der Waals surface area contributed by atoms with Crippen molar-refractivity contribution in [1.82, 2.24) is 15.2 Å². The van der Waals surface area contributed by atoms with Gasteiger partial charge >= 0.3 is 0 Å². The maximum atomic E-state index is 13.3. The number of benzene rings is 2. The van der Waals surface area contributed by atoms with E-state index in [4.69, 9.17) is 0 Å². The molecular weight excluding hydrogens is 355 g/mol. The predicted molar refractivity (Wildman–Crippen MR) is 108 cm³/mol. The van der Waals surface area contributed by atoms with E-state index in [1.165, 1.54) is 18.6 Å². The van der Waals surface area contributed by atoms with E-state index in [9.17, 15) is 9.18 Å². The maximum Gasteiger partial charge on any atom is 0.168 e. The molecule has 6 heteroatoms. The molecule has 2 N–H and O–H groups in total. The summed E-state index contributed by atoms with van der Waals surface area (Å²) in [4.78, 5) is 18.1. The molecule has 0 spiro atoms. The molecule has 142 valence electrons. The molecule has 0 amide bonds. The highest BCUT2D eigenvalue weighted by atomic mass is 19.1. The highest BCUT2D eigenvalue weighted by molar-refractivity contribution is 6.11. The lowest BCUT2D eigenvalue weighted by atomic mass is 9.94. The average molecular weight is 376 g/mol. The lowest BCUT2D eigenvalue weighted by Crippen LogP contribution is -2.41. The summed E-state index contributed by atoms with van der Waals surface area (Å²) >= 11 is 0. The van der Waals surface area contributed by atoms with Gasteiger partial charge in [-0.25, -0.2) is 9.37 Å². The number of fused-ring (bicyclic) bond motifs is 3. The SMILES string of the molecule is O=Cc1cc2c(cc(N3CCCCC3Cc3ccc(F)cc3)c3[nH][nH]cc32)n1. The second kappa shape index (κ2) is 6.78. The fraction of sp³-hybridized carbons (Fsp3) is 0.273. The van der Waals surface area contributed by atoms with E-state index in [2.05, 4.69) is 26.1 Å². The van der Waals surface area contributed by atoms with E-state index < -0.39 is 0 Å². The molecule has 1 fully saturated rings. The number of nitrogens with one attached hydrogen (secondary N) is 2. The van der Waals surface area contributed by atoms with Gasteiger partial charge in [0.2, 0.25) is 0 Å². The number of nitrogens with zero attached hydrogens (tertiary/aromatic N) is 2. The Balaban J connectivity index is 1.58. The molecule has 2 aromatic carbocycles. The fourth-order valence-corrected chi connectivity index (χ4v) is 4.42. The Kier molecular flexibility index (Phi) is 4.11. The summed E-state index contributed by atoms with van der Waals surface area (Å²) < 4.78 is 13.3. The molecule has 2 aromatic heterocycles. The van der Waals surface area contributed by atoms with Crippen molar-refractivity contribution in [2.45, 2.75) is 31.7 Å². The number of aromatic amines is 2. The van der Waals surface area contributed by atoms with Crippen molar-refractivity contribution >= 4 is 33.8 Å². The minimum absolute atomic E-state index is 0.202. The van der Waals surface area contributed by atoms with E-state index in [1.54, 1.807) is 0 Å². The number of aromatic nitrogens is 3. The first-order chi connectivity index (χ1) is 13.7. The van der Waals surface area contributed by atoms with E-state index in [-0.39, 0.29) is 5.82 Å². The van der Waals surface area contributed by atoms with Gasteiger partial charge in [0.1, 0.15) is 11.5 Å². The first-order valence-electron chi connectivity index (χ1n) is 9.68. The Bertz CT molecular complexity index is 1140. The third-order valence-corrected chi connectivity index (χ3v) is 5.76. The van der Waals surface area contributed by atoms with Gasteiger partial charge in [-0.2, -0.15) is 0 Å². The molecule has 1 atom stereocenters. The number of H-pyrrole nitrogens is 2. The van der Waals surface area contributed by atoms with Crippen LogP contribution < -0.4 is 4.90 Å². The van der Waals surface area contributed by atoms with Crippen molar-refractivity contribution in [3.05, 3.63) is 59.7 Å². The molecule has 5 nitrogen and oxygen atoms in total. The number of hydrogen-bond acceptors (Lipinski definition) is 3. The first kappa shape index (κ1) is 17.0. The zero-order chi connectivity index (χ0) is 19.1. The number of hydrogen-bond donors (Lipinski definition) is 2. The van der Waals surface area contributed by atoms with Crippen LogP contribution in [0.4, 0.5) is 10.1 Å². The van der Waals surface area contributed by atoms with Crippen molar-refractivity contribution in [1.29, 1.82) is 0 Å². The van der Waals surface area contributed by atoms with Crippen LogP contribution in [0.3, 0.4) is 0 Å². The summed E-state index contributed by atoms with van der Waals surface area (Å²) in [7, 11) is 0. The monoisotopic (exact) mass is 376 g/mol. The highest BCUT2D eigenvalue weighted by Gasteiger charge is 2.26. The molecular formula is C22H21FN4O. The number of halogens is 1. The molecule has 3 heterocycles. The molecule has 1 aliphatic heterocycles.